The number of pyridine rings is 1. The Kier molecular flexibility index (Phi) is 6.00. The molecule has 3 heteroatoms. The molecule has 1 aromatic rings. The Hall–Kier alpha value is -0.540. The lowest BCUT2D eigenvalue weighted by molar-refractivity contribution is 0.595. The molecule has 0 amide bonds. The van der Waals surface area contributed by atoms with E-state index in [1.165, 1.54) is 5.56 Å². The lowest BCUT2D eigenvalue weighted by Crippen LogP contribution is -2.17. The highest BCUT2D eigenvalue weighted by atomic mass is 32.2. The van der Waals surface area contributed by atoms with Gasteiger partial charge < -0.3 is 5.32 Å². The van der Waals surface area contributed by atoms with Gasteiger partial charge in [-0.25, -0.2) is 4.98 Å². The first-order chi connectivity index (χ1) is 8.04. The molecule has 0 radical (unpaired) electrons. The normalized spacial score (nSPS) is 14.9. The lowest BCUT2D eigenvalue weighted by Gasteiger charge is -2.16. The maximum Gasteiger partial charge on any atom is 0.0965 e. The second-order valence-corrected chi connectivity index (χ2v) is 6.17. The summed E-state index contributed by atoms with van der Waals surface area (Å²) < 4.78 is 0. The van der Waals surface area contributed by atoms with E-state index >= 15 is 0 Å². The van der Waals surface area contributed by atoms with Crippen LogP contribution in [0.2, 0.25) is 0 Å². The molecule has 2 unspecified atom stereocenters. The Morgan fingerprint density at radius 3 is 2.59 bits per heavy atom. The van der Waals surface area contributed by atoms with E-state index in [0.29, 0.717) is 17.2 Å². The van der Waals surface area contributed by atoms with Gasteiger partial charge >= 0.3 is 0 Å². The largest absolute Gasteiger partial charge is 0.310 e. The molecule has 0 aliphatic heterocycles. The van der Waals surface area contributed by atoms with Crippen LogP contribution in [0.5, 0.6) is 0 Å². The van der Waals surface area contributed by atoms with Gasteiger partial charge in [-0.1, -0.05) is 27.7 Å². The predicted octanol–water partition coefficient (Wildman–Crippen LogP) is 3.89. The minimum Gasteiger partial charge on any atom is -0.310 e. The van der Waals surface area contributed by atoms with Crippen molar-refractivity contribution in [2.45, 2.75) is 50.9 Å². The van der Waals surface area contributed by atoms with Gasteiger partial charge in [-0.15, -0.1) is 11.8 Å². The summed E-state index contributed by atoms with van der Waals surface area (Å²) in [5, 5.41) is 5.16. The number of nitrogens with one attached hydrogen (secondary N) is 1. The van der Waals surface area contributed by atoms with E-state index in [-0.39, 0.29) is 0 Å². The molecule has 0 aliphatic carbocycles. The molecule has 96 valence electrons. The zero-order chi connectivity index (χ0) is 12.8. The van der Waals surface area contributed by atoms with Crippen LogP contribution in [0.4, 0.5) is 0 Å². The molecule has 0 aromatic carbocycles. The van der Waals surface area contributed by atoms with Crippen LogP contribution in [0.3, 0.4) is 0 Å². The van der Waals surface area contributed by atoms with Gasteiger partial charge in [-0.05, 0) is 37.1 Å². The molecule has 1 N–H and O–H groups in total. The summed E-state index contributed by atoms with van der Waals surface area (Å²) >= 11 is 1.86. The minimum atomic E-state index is 0.400. The molecule has 1 rings (SSSR count). The molecule has 17 heavy (non-hydrogen) atoms. The van der Waals surface area contributed by atoms with Crippen LogP contribution in [0.1, 0.15) is 46.2 Å². The van der Waals surface area contributed by atoms with Crippen molar-refractivity contribution in [2.24, 2.45) is 5.92 Å². The molecule has 0 bridgehead atoms. The van der Waals surface area contributed by atoms with Crippen molar-refractivity contribution in [1.29, 1.82) is 0 Å². The van der Waals surface area contributed by atoms with Crippen LogP contribution in [0.15, 0.2) is 23.4 Å². The Bertz CT molecular complexity index is 339. The fraction of sp³-hybridized carbons (Fsp3) is 0.643. The minimum absolute atomic E-state index is 0.400. The van der Waals surface area contributed by atoms with Crippen molar-refractivity contribution in [3.63, 3.8) is 0 Å². The molecule has 0 saturated carbocycles. The maximum absolute atomic E-state index is 4.44. The van der Waals surface area contributed by atoms with Gasteiger partial charge in [0.2, 0.25) is 0 Å². The van der Waals surface area contributed by atoms with Crippen molar-refractivity contribution >= 4 is 11.8 Å². The number of rotatable bonds is 6. The monoisotopic (exact) mass is 252 g/mol. The number of thioether (sulfide) groups is 1. The quantitative estimate of drug-likeness (QED) is 0.778. The van der Waals surface area contributed by atoms with Crippen LogP contribution < -0.4 is 5.32 Å². The topological polar surface area (TPSA) is 24.9 Å². The van der Waals surface area contributed by atoms with Crippen LogP contribution in [0, 0.1) is 5.92 Å². The molecule has 0 saturated heterocycles. The van der Waals surface area contributed by atoms with E-state index in [1.807, 2.05) is 18.0 Å². The van der Waals surface area contributed by atoms with Crippen LogP contribution >= 0.6 is 11.8 Å². The lowest BCUT2D eigenvalue weighted by atomic mass is 10.1. The third kappa shape index (κ3) is 4.68. The first kappa shape index (κ1) is 14.5. The molecule has 0 spiro atoms. The first-order valence-electron chi connectivity index (χ1n) is 6.40. The number of hydrogen-bond donors (Lipinski definition) is 1. The van der Waals surface area contributed by atoms with Gasteiger partial charge in [0, 0.05) is 17.5 Å². The molecule has 2 atom stereocenters. The van der Waals surface area contributed by atoms with Crippen LogP contribution in [-0.2, 0) is 0 Å². The Labute approximate surface area is 110 Å². The Morgan fingerprint density at radius 1 is 1.29 bits per heavy atom. The zero-order valence-corrected chi connectivity index (χ0v) is 12.3. The average molecular weight is 252 g/mol. The first-order valence-corrected chi connectivity index (χ1v) is 7.28. The van der Waals surface area contributed by atoms with Gasteiger partial charge in [0.1, 0.15) is 0 Å². The van der Waals surface area contributed by atoms with E-state index in [0.717, 1.165) is 11.6 Å². The molecular weight excluding hydrogens is 228 g/mol. The molecule has 2 nitrogen and oxygen atoms in total. The second kappa shape index (κ2) is 7.02. The third-order valence-corrected chi connectivity index (χ3v) is 4.40. The number of nitrogens with zero attached hydrogens (tertiary/aromatic N) is 1. The smallest absolute Gasteiger partial charge is 0.0965 e. The molecule has 0 fully saturated rings. The summed E-state index contributed by atoms with van der Waals surface area (Å²) in [6.07, 6.45) is 1.92. The zero-order valence-electron chi connectivity index (χ0n) is 11.5. The van der Waals surface area contributed by atoms with Gasteiger partial charge in [-0.3, -0.25) is 0 Å². The second-order valence-electron chi connectivity index (χ2n) is 4.77. The van der Waals surface area contributed by atoms with Crippen molar-refractivity contribution in [1.82, 2.24) is 10.3 Å². The van der Waals surface area contributed by atoms with Crippen molar-refractivity contribution in [3.05, 3.63) is 23.9 Å². The van der Waals surface area contributed by atoms with Crippen LogP contribution in [-0.4, -0.2) is 16.8 Å². The van der Waals surface area contributed by atoms with E-state index in [4.69, 9.17) is 0 Å². The van der Waals surface area contributed by atoms with Gasteiger partial charge in [0.05, 0.1) is 5.03 Å². The van der Waals surface area contributed by atoms with Gasteiger partial charge in [0.25, 0.3) is 0 Å². The summed E-state index contributed by atoms with van der Waals surface area (Å²) in [6, 6.07) is 4.70. The molecule has 1 aromatic heterocycles. The number of aromatic nitrogens is 1. The van der Waals surface area contributed by atoms with Gasteiger partial charge in [-0.2, -0.15) is 0 Å². The fourth-order valence-electron chi connectivity index (χ4n) is 1.51. The van der Waals surface area contributed by atoms with E-state index < -0.39 is 0 Å². The van der Waals surface area contributed by atoms with Crippen molar-refractivity contribution < 1.29 is 0 Å². The third-order valence-electron chi connectivity index (χ3n) is 3.01. The molecule has 0 aliphatic rings. The summed E-state index contributed by atoms with van der Waals surface area (Å²) in [7, 11) is 0. The average Bonchev–Trinajstić information content (AvgIpc) is 2.29. The Balaban J connectivity index is 2.72. The molecular formula is C14H24N2S. The van der Waals surface area contributed by atoms with Crippen molar-refractivity contribution in [2.75, 3.05) is 6.54 Å². The standard InChI is InChI=1S/C14H24N2S/c1-6-15-11(4)13-7-8-16-14(9-13)17-12(5)10(2)3/h7-12,15H,6H2,1-5H3. The summed E-state index contributed by atoms with van der Waals surface area (Å²) in [4.78, 5) is 4.44. The number of hydrogen-bond acceptors (Lipinski definition) is 3. The summed E-state index contributed by atoms with van der Waals surface area (Å²) in [5.41, 5.74) is 1.32. The maximum atomic E-state index is 4.44. The SMILES string of the molecule is CCNC(C)c1ccnc(SC(C)C(C)C)c1. The Morgan fingerprint density at radius 2 is 2.00 bits per heavy atom. The highest BCUT2D eigenvalue weighted by Gasteiger charge is 2.11. The highest BCUT2D eigenvalue weighted by molar-refractivity contribution is 7.99. The molecule has 1 heterocycles. The predicted molar refractivity (Wildman–Crippen MR) is 76.5 cm³/mol. The highest BCUT2D eigenvalue weighted by Crippen LogP contribution is 2.27. The summed E-state index contributed by atoms with van der Waals surface area (Å²) in [6.45, 7) is 12.1. The van der Waals surface area contributed by atoms with E-state index in [1.54, 1.807) is 0 Å². The van der Waals surface area contributed by atoms with E-state index in [2.05, 4.69) is 57.1 Å². The van der Waals surface area contributed by atoms with Gasteiger partial charge in [0.15, 0.2) is 0 Å². The fourth-order valence-corrected chi connectivity index (χ4v) is 2.49. The van der Waals surface area contributed by atoms with E-state index in [9.17, 15) is 0 Å². The summed E-state index contributed by atoms with van der Waals surface area (Å²) in [5.74, 6) is 0.677. The van der Waals surface area contributed by atoms with Crippen molar-refractivity contribution in [3.8, 4) is 0 Å². The van der Waals surface area contributed by atoms with Crippen LogP contribution in [0.25, 0.3) is 0 Å².